The molecule has 0 atom stereocenters. The Morgan fingerprint density at radius 2 is 2.13 bits per heavy atom. The van der Waals surface area contributed by atoms with Crippen LogP contribution in [0.4, 0.5) is 6.01 Å². The first kappa shape index (κ1) is 11.2. The minimum atomic E-state index is -0.920. The van der Waals surface area contributed by atoms with E-state index in [0.29, 0.717) is 5.89 Å². The van der Waals surface area contributed by atoms with Crippen molar-refractivity contribution in [2.45, 2.75) is 26.2 Å². The Balaban J connectivity index is 2.27. The first-order valence-electron chi connectivity index (χ1n) is 4.39. The molecule has 0 spiro atoms. The van der Waals surface area contributed by atoms with Gasteiger partial charge < -0.3 is 9.52 Å². The number of carboxylic acid groups (broad SMARTS) is 1. The van der Waals surface area contributed by atoms with Crippen molar-refractivity contribution in [2.24, 2.45) is 0 Å². The lowest BCUT2D eigenvalue weighted by molar-refractivity contribution is -0.137. The molecule has 15 heavy (non-hydrogen) atoms. The number of hydrogen-bond donors (Lipinski definition) is 2. The summed E-state index contributed by atoms with van der Waals surface area (Å²) in [5.41, 5.74) is 0. The smallest absolute Gasteiger partial charge is 0.322 e. The van der Waals surface area contributed by atoms with Gasteiger partial charge in [0.25, 0.3) is 0 Å². The molecule has 0 unspecified atom stereocenters. The Labute approximate surface area is 85.5 Å². The molecule has 1 heterocycles. The summed E-state index contributed by atoms with van der Waals surface area (Å²) in [6.45, 7) is 1.60. The summed E-state index contributed by atoms with van der Waals surface area (Å²) in [6.07, 6.45) is 0.373. The fraction of sp³-hybridized carbons (Fsp3) is 0.500. The average molecular weight is 213 g/mol. The Hall–Kier alpha value is -1.92. The van der Waals surface area contributed by atoms with Gasteiger partial charge in [-0.15, -0.1) is 5.10 Å². The molecule has 0 saturated heterocycles. The second-order valence-corrected chi connectivity index (χ2v) is 2.92. The number of carboxylic acids is 1. The van der Waals surface area contributed by atoms with Gasteiger partial charge >= 0.3 is 12.0 Å². The van der Waals surface area contributed by atoms with Gasteiger partial charge in [-0.3, -0.25) is 14.9 Å². The van der Waals surface area contributed by atoms with Crippen molar-refractivity contribution in [3.05, 3.63) is 5.89 Å². The number of anilines is 1. The molecule has 1 amide bonds. The average Bonchev–Trinajstić information content (AvgIpc) is 2.50. The zero-order chi connectivity index (χ0) is 11.3. The van der Waals surface area contributed by atoms with E-state index in [1.807, 2.05) is 0 Å². The summed E-state index contributed by atoms with van der Waals surface area (Å²) < 4.78 is 4.91. The Kier molecular flexibility index (Phi) is 3.78. The normalized spacial score (nSPS) is 9.93. The van der Waals surface area contributed by atoms with Gasteiger partial charge in [-0.25, -0.2) is 0 Å². The SMILES string of the molecule is Cc1nnc(NC(=O)CCCC(=O)O)o1. The summed E-state index contributed by atoms with van der Waals surface area (Å²) in [5, 5.41) is 17.8. The van der Waals surface area contributed by atoms with Crippen molar-refractivity contribution in [1.82, 2.24) is 10.2 Å². The maximum absolute atomic E-state index is 11.2. The molecular weight excluding hydrogens is 202 g/mol. The van der Waals surface area contributed by atoms with Crippen LogP contribution in [0.3, 0.4) is 0 Å². The van der Waals surface area contributed by atoms with Crippen LogP contribution in [0.15, 0.2) is 4.42 Å². The molecule has 0 aliphatic heterocycles. The molecule has 0 saturated carbocycles. The van der Waals surface area contributed by atoms with Gasteiger partial charge in [0.2, 0.25) is 11.8 Å². The van der Waals surface area contributed by atoms with Crippen molar-refractivity contribution in [3.63, 3.8) is 0 Å². The number of aromatic nitrogens is 2. The van der Waals surface area contributed by atoms with Crippen LogP contribution in [-0.2, 0) is 9.59 Å². The van der Waals surface area contributed by atoms with Crippen molar-refractivity contribution < 1.29 is 19.1 Å². The first-order valence-corrected chi connectivity index (χ1v) is 4.39. The topological polar surface area (TPSA) is 105 Å². The van der Waals surface area contributed by atoms with Crippen molar-refractivity contribution >= 4 is 17.9 Å². The van der Waals surface area contributed by atoms with E-state index in [4.69, 9.17) is 9.52 Å². The summed E-state index contributed by atoms with van der Waals surface area (Å²) in [7, 11) is 0. The van der Waals surface area contributed by atoms with Crippen LogP contribution in [0.25, 0.3) is 0 Å². The first-order chi connectivity index (χ1) is 7.08. The zero-order valence-electron chi connectivity index (χ0n) is 8.19. The van der Waals surface area contributed by atoms with E-state index in [1.54, 1.807) is 6.92 Å². The van der Waals surface area contributed by atoms with E-state index in [2.05, 4.69) is 15.5 Å². The molecular formula is C8H11N3O4. The molecule has 2 N–H and O–H groups in total. The van der Waals surface area contributed by atoms with Crippen LogP contribution < -0.4 is 5.32 Å². The molecule has 1 aromatic heterocycles. The number of rotatable bonds is 5. The lowest BCUT2D eigenvalue weighted by Crippen LogP contribution is -2.12. The molecule has 0 fully saturated rings. The minimum Gasteiger partial charge on any atom is -0.481 e. The molecule has 0 bridgehead atoms. The second kappa shape index (κ2) is 5.08. The quantitative estimate of drug-likeness (QED) is 0.740. The number of aryl methyl sites for hydroxylation is 1. The highest BCUT2D eigenvalue weighted by atomic mass is 16.4. The molecule has 0 aliphatic carbocycles. The number of carbonyl (C=O) groups is 2. The van der Waals surface area contributed by atoms with E-state index in [-0.39, 0.29) is 31.2 Å². The van der Waals surface area contributed by atoms with Gasteiger partial charge in [-0.1, -0.05) is 5.10 Å². The van der Waals surface area contributed by atoms with Crippen molar-refractivity contribution in [2.75, 3.05) is 5.32 Å². The number of nitrogens with zero attached hydrogens (tertiary/aromatic N) is 2. The molecule has 1 aromatic rings. The summed E-state index contributed by atoms with van der Waals surface area (Å²) in [4.78, 5) is 21.3. The van der Waals surface area contributed by atoms with E-state index in [0.717, 1.165) is 0 Å². The largest absolute Gasteiger partial charge is 0.481 e. The predicted molar refractivity (Wildman–Crippen MR) is 49.2 cm³/mol. The van der Waals surface area contributed by atoms with Gasteiger partial charge in [0.1, 0.15) is 0 Å². The third-order valence-electron chi connectivity index (χ3n) is 1.57. The molecule has 82 valence electrons. The molecule has 0 aliphatic rings. The highest BCUT2D eigenvalue weighted by Crippen LogP contribution is 2.05. The number of aliphatic carboxylic acids is 1. The Bertz CT molecular complexity index is 361. The van der Waals surface area contributed by atoms with Crippen molar-refractivity contribution in [1.29, 1.82) is 0 Å². The lowest BCUT2D eigenvalue weighted by Gasteiger charge is -1.98. The predicted octanol–water partition coefficient (Wildman–Crippen LogP) is 0.571. The van der Waals surface area contributed by atoms with Gasteiger partial charge in [0.15, 0.2) is 0 Å². The highest BCUT2D eigenvalue weighted by molar-refractivity contribution is 5.88. The van der Waals surface area contributed by atoms with Crippen LogP contribution in [0.2, 0.25) is 0 Å². The van der Waals surface area contributed by atoms with Gasteiger partial charge in [-0.2, -0.15) is 0 Å². The second-order valence-electron chi connectivity index (χ2n) is 2.92. The molecule has 1 rings (SSSR count). The standard InChI is InChI=1S/C8H11N3O4/c1-5-10-11-8(15-5)9-6(12)3-2-4-7(13)14/h2-4H2,1H3,(H,13,14)(H,9,11,12). The number of amides is 1. The van der Waals surface area contributed by atoms with E-state index >= 15 is 0 Å². The number of carbonyl (C=O) groups excluding carboxylic acids is 1. The van der Waals surface area contributed by atoms with Gasteiger partial charge in [-0.05, 0) is 6.42 Å². The fourth-order valence-corrected chi connectivity index (χ4v) is 0.929. The van der Waals surface area contributed by atoms with Gasteiger partial charge in [0.05, 0.1) is 0 Å². The van der Waals surface area contributed by atoms with Crippen LogP contribution in [0.1, 0.15) is 25.2 Å². The Morgan fingerprint density at radius 3 is 2.67 bits per heavy atom. The number of hydrogen-bond acceptors (Lipinski definition) is 5. The third kappa shape index (κ3) is 4.21. The maximum atomic E-state index is 11.2. The van der Waals surface area contributed by atoms with E-state index in [1.165, 1.54) is 0 Å². The van der Waals surface area contributed by atoms with Crippen LogP contribution in [0, 0.1) is 6.92 Å². The molecule has 7 heteroatoms. The maximum Gasteiger partial charge on any atom is 0.322 e. The third-order valence-corrected chi connectivity index (χ3v) is 1.57. The van der Waals surface area contributed by atoms with Crippen molar-refractivity contribution in [3.8, 4) is 0 Å². The van der Waals surface area contributed by atoms with Crippen LogP contribution in [-0.4, -0.2) is 27.2 Å². The molecule has 0 radical (unpaired) electrons. The highest BCUT2D eigenvalue weighted by Gasteiger charge is 2.08. The minimum absolute atomic E-state index is 0.0315. The summed E-state index contributed by atoms with van der Waals surface area (Å²) in [5.74, 6) is -0.896. The lowest BCUT2D eigenvalue weighted by atomic mass is 10.2. The Morgan fingerprint density at radius 1 is 1.40 bits per heavy atom. The molecule has 0 aromatic carbocycles. The summed E-state index contributed by atoms with van der Waals surface area (Å²) >= 11 is 0. The fourth-order valence-electron chi connectivity index (χ4n) is 0.929. The van der Waals surface area contributed by atoms with Crippen LogP contribution in [0.5, 0.6) is 0 Å². The monoisotopic (exact) mass is 213 g/mol. The summed E-state index contributed by atoms with van der Waals surface area (Å²) in [6, 6.07) is 0.0350. The van der Waals surface area contributed by atoms with Crippen LogP contribution >= 0.6 is 0 Å². The number of nitrogens with one attached hydrogen (secondary N) is 1. The van der Waals surface area contributed by atoms with E-state index < -0.39 is 5.97 Å². The zero-order valence-corrected chi connectivity index (χ0v) is 8.19. The molecule has 7 nitrogen and oxygen atoms in total. The van der Waals surface area contributed by atoms with E-state index in [9.17, 15) is 9.59 Å². The van der Waals surface area contributed by atoms with Gasteiger partial charge in [0, 0.05) is 19.8 Å².